The minimum Gasteiger partial charge on any atom is -0.276 e. The normalized spacial score (nSPS) is 27.9. The Balaban J connectivity index is 2.08. The number of rotatable bonds is 2. The molecule has 0 radical (unpaired) electrons. The molecule has 0 atom stereocenters. The second-order valence-corrected chi connectivity index (χ2v) is 4.35. The van der Waals surface area contributed by atoms with E-state index in [1.165, 1.54) is 52.1 Å². The Morgan fingerprint density at radius 2 is 1.36 bits per heavy atom. The van der Waals surface area contributed by atoms with Crippen LogP contribution in [-0.2, 0) is 0 Å². The molecule has 0 bridgehead atoms. The first-order valence-electron chi connectivity index (χ1n) is 6.09. The van der Waals surface area contributed by atoms with E-state index >= 15 is 0 Å². The number of hydrogen-bond acceptors (Lipinski definition) is 3. The maximum Gasteiger partial charge on any atom is 0.119 e. The molecule has 14 heavy (non-hydrogen) atoms. The Kier molecular flexibility index (Phi) is 3.42. The molecule has 2 fully saturated rings. The fourth-order valence-electron chi connectivity index (χ4n) is 2.86. The molecule has 0 amide bonds. The molecule has 0 saturated carbocycles. The van der Waals surface area contributed by atoms with Crippen LogP contribution in [0, 0.1) is 0 Å². The van der Waals surface area contributed by atoms with Crippen LogP contribution >= 0.6 is 0 Å². The molecule has 0 aliphatic carbocycles. The third-order valence-corrected chi connectivity index (χ3v) is 3.57. The highest BCUT2D eigenvalue weighted by Gasteiger charge is 2.34. The summed E-state index contributed by atoms with van der Waals surface area (Å²) in [6.45, 7) is 12.1. The van der Waals surface area contributed by atoms with E-state index < -0.39 is 0 Å². The molecule has 2 saturated heterocycles. The second-order valence-electron chi connectivity index (χ2n) is 4.35. The first-order valence-corrected chi connectivity index (χ1v) is 6.09. The molecule has 0 aromatic rings. The minimum atomic E-state index is 0.618. The molecule has 82 valence electrons. The minimum absolute atomic E-state index is 0.618. The summed E-state index contributed by atoms with van der Waals surface area (Å²) in [6.07, 6.45) is 3.32. The van der Waals surface area contributed by atoms with E-state index in [1.54, 1.807) is 0 Å². The van der Waals surface area contributed by atoms with Gasteiger partial charge in [-0.2, -0.15) is 0 Å². The van der Waals surface area contributed by atoms with Gasteiger partial charge in [0.2, 0.25) is 0 Å². The fourth-order valence-corrected chi connectivity index (χ4v) is 2.86. The first-order chi connectivity index (χ1) is 6.86. The van der Waals surface area contributed by atoms with Crippen molar-refractivity contribution in [1.82, 2.24) is 14.7 Å². The molecular weight excluding hydrogens is 174 g/mol. The van der Waals surface area contributed by atoms with E-state index in [0.29, 0.717) is 6.29 Å². The summed E-state index contributed by atoms with van der Waals surface area (Å²) in [5.41, 5.74) is 0. The van der Waals surface area contributed by atoms with Crippen molar-refractivity contribution >= 4 is 0 Å². The molecule has 2 heterocycles. The summed E-state index contributed by atoms with van der Waals surface area (Å²) in [7, 11) is 0. The predicted molar refractivity (Wildman–Crippen MR) is 59.1 cm³/mol. The molecule has 3 heteroatoms. The monoisotopic (exact) mass is 197 g/mol. The summed E-state index contributed by atoms with van der Waals surface area (Å²) in [5, 5.41) is 0. The fraction of sp³-hybridized carbons (Fsp3) is 1.00. The van der Waals surface area contributed by atoms with Crippen LogP contribution in [0.4, 0.5) is 0 Å². The Labute approximate surface area is 87.7 Å². The van der Waals surface area contributed by atoms with Gasteiger partial charge >= 0.3 is 0 Å². The van der Waals surface area contributed by atoms with Crippen LogP contribution in [0.25, 0.3) is 0 Å². The van der Waals surface area contributed by atoms with Crippen molar-refractivity contribution in [2.45, 2.75) is 33.0 Å². The van der Waals surface area contributed by atoms with Crippen molar-refractivity contribution in [3.8, 4) is 0 Å². The van der Waals surface area contributed by atoms with E-state index in [4.69, 9.17) is 0 Å². The van der Waals surface area contributed by atoms with Crippen LogP contribution in [0.3, 0.4) is 0 Å². The lowest BCUT2D eigenvalue weighted by molar-refractivity contribution is -0.115. The molecule has 3 nitrogen and oxygen atoms in total. The maximum absolute atomic E-state index is 2.65. The third kappa shape index (κ3) is 1.81. The van der Waals surface area contributed by atoms with Crippen LogP contribution in [0.5, 0.6) is 0 Å². The van der Waals surface area contributed by atoms with Gasteiger partial charge in [0.1, 0.15) is 6.29 Å². The van der Waals surface area contributed by atoms with Gasteiger partial charge in [0, 0.05) is 26.2 Å². The molecule has 0 N–H and O–H groups in total. The van der Waals surface area contributed by atoms with E-state index in [0.717, 1.165) is 0 Å². The van der Waals surface area contributed by atoms with E-state index in [9.17, 15) is 0 Å². The van der Waals surface area contributed by atoms with Gasteiger partial charge in [-0.15, -0.1) is 0 Å². The van der Waals surface area contributed by atoms with Gasteiger partial charge in [0.15, 0.2) is 0 Å². The summed E-state index contributed by atoms with van der Waals surface area (Å²) < 4.78 is 0. The van der Waals surface area contributed by atoms with Gasteiger partial charge in [-0.25, -0.2) is 0 Å². The quantitative estimate of drug-likeness (QED) is 0.654. The number of nitrogens with zero attached hydrogens (tertiary/aromatic N) is 3. The van der Waals surface area contributed by atoms with Gasteiger partial charge in [-0.1, -0.05) is 13.8 Å². The maximum atomic E-state index is 2.65. The van der Waals surface area contributed by atoms with Crippen LogP contribution in [-0.4, -0.2) is 60.3 Å². The molecule has 2 rings (SSSR count). The summed E-state index contributed by atoms with van der Waals surface area (Å²) in [4.78, 5) is 7.89. The van der Waals surface area contributed by atoms with Gasteiger partial charge in [-0.05, 0) is 25.9 Å². The average molecular weight is 197 g/mol. The van der Waals surface area contributed by atoms with Crippen LogP contribution in [0.1, 0.15) is 26.7 Å². The van der Waals surface area contributed by atoms with Crippen molar-refractivity contribution < 1.29 is 0 Å². The van der Waals surface area contributed by atoms with Crippen LogP contribution in [0.15, 0.2) is 0 Å². The second kappa shape index (κ2) is 4.60. The van der Waals surface area contributed by atoms with Gasteiger partial charge < -0.3 is 0 Å². The predicted octanol–water partition coefficient (Wildman–Crippen LogP) is 1.02. The first kappa shape index (κ1) is 10.4. The Hall–Kier alpha value is -0.120. The van der Waals surface area contributed by atoms with Crippen molar-refractivity contribution in [2.24, 2.45) is 0 Å². The highest BCUT2D eigenvalue weighted by molar-refractivity contribution is 4.82. The Morgan fingerprint density at radius 1 is 0.857 bits per heavy atom. The Morgan fingerprint density at radius 3 is 1.79 bits per heavy atom. The van der Waals surface area contributed by atoms with E-state index in [1.807, 2.05) is 0 Å². The number of fused-ring (bicyclic) bond motifs is 1. The van der Waals surface area contributed by atoms with E-state index in [2.05, 4.69) is 28.5 Å². The standard InChI is InChI=1S/C11H23N3/c1-3-12-7-5-9-14-10-6-8-13(4-2)11(12)14/h11H,3-10H2,1-2H3. The summed E-state index contributed by atoms with van der Waals surface area (Å²) in [6, 6.07) is 0. The zero-order valence-electron chi connectivity index (χ0n) is 9.58. The molecule has 0 unspecified atom stereocenters. The molecule has 0 aromatic carbocycles. The van der Waals surface area contributed by atoms with Crippen molar-refractivity contribution in [3.63, 3.8) is 0 Å². The zero-order valence-corrected chi connectivity index (χ0v) is 9.58. The number of hydrogen-bond donors (Lipinski definition) is 0. The van der Waals surface area contributed by atoms with Gasteiger partial charge in [-0.3, -0.25) is 14.7 Å². The third-order valence-electron chi connectivity index (χ3n) is 3.57. The summed E-state index contributed by atoms with van der Waals surface area (Å²) >= 11 is 0. The zero-order chi connectivity index (χ0) is 9.97. The lowest BCUT2D eigenvalue weighted by Crippen LogP contribution is -2.64. The van der Waals surface area contributed by atoms with Crippen molar-refractivity contribution in [1.29, 1.82) is 0 Å². The van der Waals surface area contributed by atoms with Gasteiger partial charge in [0.25, 0.3) is 0 Å². The van der Waals surface area contributed by atoms with Crippen molar-refractivity contribution in [3.05, 3.63) is 0 Å². The highest BCUT2D eigenvalue weighted by atomic mass is 15.5. The SMILES string of the molecule is CCN1CCCN2CCCN(CC)C12. The van der Waals surface area contributed by atoms with Crippen LogP contribution < -0.4 is 0 Å². The Bertz CT molecular complexity index is 155. The van der Waals surface area contributed by atoms with Crippen LogP contribution in [0.2, 0.25) is 0 Å². The average Bonchev–Trinajstić information content (AvgIpc) is 2.27. The van der Waals surface area contributed by atoms with E-state index in [-0.39, 0.29) is 0 Å². The molecular formula is C11H23N3. The molecule has 0 aromatic heterocycles. The summed E-state index contributed by atoms with van der Waals surface area (Å²) in [5.74, 6) is 0. The topological polar surface area (TPSA) is 9.72 Å². The highest BCUT2D eigenvalue weighted by Crippen LogP contribution is 2.21. The molecule has 2 aliphatic rings. The largest absolute Gasteiger partial charge is 0.276 e. The van der Waals surface area contributed by atoms with Gasteiger partial charge in [0.05, 0.1) is 0 Å². The molecule has 2 aliphatic heterocycles. The molecule has 0 spiro atoms. The smallest absolute Gasteiger partial charge is 0.119 e. The lowest BCUT2D eigenvalue weighted by Gasteiger charge is -2.51. The lowest BCUT2D eigenvalue weighted by atomic mass is 10.2. The van der Waals surface area contributed by atoms with Crippen molar-refractivity contribution in [2.75, 3.05) is 39.3 Å².